The quantitative estimate of drug-likeness (QED) is 0.842. The maximum atomic E-state index is 11.1. The van der Waals surface area contributed by atoms with Crippen LogP contribution < -0.4 is 16.0 Å². The summed E-state index contributed by atoms with van der Waals surface area (Å²) in [6, 6.07) is 5.84. The summed E-state index contributed by atoms with van der Waals surface area (Å²) in [4.78, 5) is 13.4. The lowest BCUT2D eigenvalue weighted by Crippen LogP contribution is -2.52. The van der Waals surface area contributed by atoms with E-state index in [1.165, 1.54) is 16.8 Å². The van der Waals surface area contributed by atoms with Crippen molar-refractivity contribution in [3.8, 4) is 0 Å². The molecule has 1 aliphatic rings. The first-order valence-electron chi connectivity index (χ1n) is 6.48. The van der Waals surface area contributed by atoms with E-state index in [2.05, 4.69) is 42.3 Å². The summed E-state index contributed by atoms with van der Waals surface area (Å²) in [7, 11) is 0. The highest BCUT2D eigenvalue weighted by molar-refractivity contribution is 5.73. The van der Waals surface area contributed by atoms with Crippen LogP contribution in [0.4, 0.5) is 10.5 Å². The predicted octanol–water partition coefficient (Wildman–Crippen LogP) is 2.29. The lowest BCUT2D eigenvalue weighted by Gasteiger charge is -2.39. The van der Waals surface area contributed by atoms with Gasteiger partial charge in [0.25, 0.3) is 0 Å². The van der Waals surface area contributed by atoms with Crippen molar-refractivity contribution in [2.24, 2.45) is 5.73 Å². The van der Waals surface area contributed by atoms with Crippen molar-refractivity contribution in [1.29, 1.82) is 0 Å². The molecule has 0 aromatic heterocycles. The Kier molecular flexibility index (Phi) is 3.75. The standard InChI is InChI=1S/C14H21N3O/c1-10-6-5-7-11(2)13(10)17-9-4-3-8-12(17)16-14(15)18/h5-7,12H,3-4,8-9H2,1-2H3,(H3,15,16,18). The zero-order chi connectivity index (χ0) is 13.1. The van der Waals surface area contributed by atoms with E-state index >= 15 is 0 Å². The summed E-state index contributed by atoms with van der Waals surface area (Å²) in [6.45, 7) is 5.19. The molecule has 4 nitrogen and oxygen atoms in total. The van der Waals surface area contributed by atoms with Gasteiger partial charge in [0, 0.05) is 12.2 Å². The highest BCUT2D eigenvalue weighted by Crippen LogP contribution is 2.29. The Morgan fingerprint density at radius 3 is 2.61 bits per heavy atom. The number of para-hydroxylation sites is 1. The zero-order valence-electron chi connectivity index (χ0n) is 11.1. The van der Waals surface area contributed by atoms with Crippen molar-refractivity contribution in [2.45, 2.75) is 39.3 Å². The molecule has 1 atom stereocenters. The van der Waals surface area contributed by atoms with Crippen LogP contribution in [0.3, 0.4) is 0 Å². The van der Waals surface area contributed by atoms with Gasteiger partial charge in [-0.25, -0.2) is 4.79 Å². The van der Waals surface area contributed by atoms with Crippen molar-refractivity contribution >= 4 is 11.7 Å². The Morgan fingerprint density at radius 2 is 2.00 bits per heavy atom. The number of nitrogens with zero attached hydrogens (tertiary/aromatic N) is 1. The Bertz CT molecular complexity index is 424. The SMILES string of the molecule is Cc1cccc(C)c1N1CCCCC1NC(N)=O. The summed E-state index contributed by atoms with van der Waals surface area (Å²) in [6.07, 6.45) is 3.27. The number of amides is 2. The molecule has 3 N–H and O–H groups in total. The van der Waals surface area contributed by atoms with E-state index in [1.54, 1.807) is 0 Å². The molecule has 1 aliphatic heterocycles. The molecule has 2 amide bonds. The Morgan fingerprint density at radius 1 is 1.33 bits per heavy atom. The number of benzene rings is 1. The molecular weight excluding hydrogens is 226 g/mol. The lowest BCUT2D eigenvalue weighted by atomic mass is 10.0. The maximum Gasteiger partial charge on any atom is 0.313 e. The van der Waals surface area contributed by atoms with Crippen LogP contribution >= 0.6 is 0 Å². The van der Waals surface area contributed by atoms with Gasteiger partial charge in [-0.3, -0.25) is 0 Å². The predicted molar refractivity (Wildman–Crippen MR) is 73.6 cm³/mol. The molecule has 98 valence electrons. The van der Waals surface area contributed by atoms with Crippen LogP contribution in [0.2, 0.25) is 0 Å². The first-order valence-corrected chi connectivity index (χ1v) is 6.48. The number of hydrogen-bond acceptors (Lipinski definition) is 2. The fourth-order valence-corrected chi connectivity index (χ4v) is 2.77. The molecule has 1 saturated heterocycles. The van der Waals surface area contributed by atoms with Gasteiger partial charge in [-0.05, 0) is 44.2 Å². The third-order valence-corrected chi connectivity index (χ3v) is 3.54. The topological polar surface area (TPSA) is 58.4 Å². The number of aryl methyl sites for hydroxylation is 2. The minimum absolute atomic E-state index is 0.0241. The third kappa shape index (κ3) is 2.58. The van der Waals surface area contributed by atoms with E-state index in [0.29, 0.717) is 0 Å². The number of anilines is 1. The number of urea groups is 1. The second-order valence-electron chi connectivity index (χ2n) is 4.95. The molecule has 18 heavy (non-hydrogen) atoms. The summed E-state index contributed by atoms with van der Waals surface area (Å²) in [5.41, 5.74) is 8.98. The van der Waals surface area contributed by atoms with Gasteiger partial charge in [-0.15, -0.1) is 0 Å². The number of primary amides is 1. The van der Waals surface area contributed by atoms with Gasteiger partial charge in [-0.2, -0.15) is 0 Å². The number of rotatable bonds is 2. The van der Waals surface area contributed by atoms with Crippen LogP contribution in [-0.4, -0.2) is 18.7 Å². The van der Waals surface area contributed by atoms with Crippen LogP contribution in [0.15, 0.2) is 18.2 Å². The van der Waals surface area contributed by atoms with Crippen LogP contribution in [-0.2, 0) is 0 Å². The van der Waals surface area contributed by atoms with E-state index in [4.69, 9.17) is 5.73 Å². The second kappa shape index (κ2) is 5.29. The van der Waals surface area contributed by atoms with Crippen LogP contribution in [0.5, 0.6) is 0 Å². The van der Waals surface area contributed by atoms with Crippen molar-refractivity contribution in [3.63, 3.8) is 0 Å². The third-order valence-electron chi connectivity index (χ3n) is 3.54. The van der Waals surface area contributed by atoms with E-state index in [9.17, 15) is 4.79 Å². The minimum atomic E-state index is -0.446. The van der Waals surface area contributed by atoms with Gasteiger partial charge >= 0.3 is 6.03 Å². The van der Waals surface area contributed by atoms with E-state index in [0.717, 1.165) is 25.8 Å². The van der Waals surface area contributed by atoms with Gasteiger partial charge < -0.3 is 16.0 Å². The van der Waals surface area contributed by atoms with Gasteiger partial charge in [0.1, 0.15) is 6.17 Å². The molecule has 1 aromatic rings. The summed E-state index contributed by atoms with van der Waals surface area (Å²) in [5.74, 6) is 0. The second-order valence-corrected chi connectivity index (χ2v) is 4.95. The Labute approximate surface area is 108 Å². The minimum Gasteiger partial charge on any atom is -0.352 e. The van der Waals surface area contributed by atoms with Gasteiger partial charge in [-0.1, -0.05) is 18.2 Å². The molecule has 0 bridgehead atoms. The molecule has 2 rings (SSSR count). The highest BCUT2D eigenvalue weighted by Gasteiger charge is 2.25. The zero-order valence-corrected chi connectivity index (χ0v) is 11.1. The average Bonchev–Trinajstić information content (AvgIpc) is 2.30. The largest absolute Gasteiger partial charge is 0.352 e. The first kappa shape index (κ1) is 12.7. The molecule has 0 spiro atoms. The number of nitrogens with two attached hydrogens (primary N) is 1. The molecule has 1 unspecified atom stereocenters. The molecular formula is C14H21N3O. The van der Waals surface area contributed by atoms with Crippen molar-refractivity contribution in [2.75, 3.05) is 11.4 Å². The first-order chi connectivity index (χ1) is 8.59. The van der Waals surface area contributed by atoms with Gasteiger partial charge in [0.05, 0.1) is 0 Å². The molecule has 1 heterocycles. The van der Waals surface area contributed by atoms with Crippen LogP contribution in [0.25, 0.3) is 0 Å². The summed E-state index contributed by atoms with van der Waals surface area (Å²) < 4.78 is 0. The fourth-order valence-electron chi connectivity index (χ4n) is 2.77. The molecule has 4 heteroatoms. The summed E-state index contributed by atoms with van der Waals surface area (Å²) >= 11 is 0. The van der Waals surface area contributed by atoms with Crippen molar-refractivity contribution in [3.05, 3.63) is 29.3 Å². The lowest BCUT2D eigenvalue weighted by molar-refractivity contribution is 0.242. The number of carbonyl (C=O) groups is 1. The normalized spacial score (nSPS) is 19.7. The van der Waals surface area contributed by atoms with Gasteiger partial charge in [0.15, 0.2) is 0 Å². The molecule has 0 aliphatic carbocycles. The number of carbonyl (C=O) groups excluding carboxylic acids is 1. The van der Waals surface area contributed by atoms with Crippen molar-refractivity contribution < 1.29 is 4.79 Å². The smallest absolute Gasteiger partial charge is 0.313 e. The average molecular weight is 247 g/mol. The van der Waals surface area contributed by atoms with Crippen LogP contribution in [0.1, 0.15) is 30.4 Å². The number of hydrogen-bond donors (Lipinski definition) is 2. The van der Waals surface area contributed by atoms with Crippen molar-refractivity contribution in [1.82, 2.24) is 5.32 Å². The molecule has 1 aromatic carbocycles. The maximum absolute atomic E-state index is 11.1. The van der Waals surface area contributed by atoms with E-state index < -0.39 is 6.03 Å². The number of nitrogens with one attached hydrogen (secondary N) is 1. The summed E-state index contributed by atoms with van der Waals surface area (Å²) in [5, 5.41) is 2.85. The molecule has 0 saturated carbocycles. The Balaban J connectivity index is 2.30. The van der Waals surface area contributed by atoms with Crippen LogP contribution in [0, 0.1) is 13.8 Å². The number of piperidine rings is 1. The highest BCUT2D eigenvalue weighted by atomic mass is 16.2. The molecule has 1 fully saturated rings. The Hall–Kier alpha value is -1.71. The monoisotopic (exact) mass is 247 g/mol. The molecule has 0 radical (unpaired) electrons. The van der Waals surface area contributed by atoms with Gasteiger partial charge in [0.2, 0.25) is 0 Å². The van der Waals surface area contributed by atoms with E-state index in [-0.39, 0.29) is 6.17 Å². The fraction of sp³-hybridized carbons (Fsp3) is 0.500. The van der Waals surface area contributed by atoms with E-state index in [1.807, 2.05) is 0 Å².